The standard InChI is InChI=1S/C18H16ClF3IN3O5/c19-12-6-10(23)7-13(20)17(12)25-16-11(18(29)26-31-4-2-28)5-9(14(21)15(16)22)8-24-30-3-1-27/h5-8,25,27-28H,1-4H2,(H,26,29)/b24-8+. The van der Waals surface area contributed by atoms with E-state index in [-0.39, 0.29) is 30.5 Å². The summed E-state index contributed by atoms with van der Waals surface area (Å²) >= 11 is 7.83. The summed E-state index contributed by atoms with van der Waals surface area (Å²) < 4.78 is 44.2. The number of amides is 1. The van der Waals surface area contributed by atoms with Gasteiger partial charge in [0.25, 0.3) is 5.91 Å². The lowest BCUT2D eigenvalue weighted by atomic mass is 10.1. The number of anilines is 2. The first-order chi connectivity index (χ1) is 14.8. The van der Waals surface area contributed by atoms with Gasteiger partial charge in [0, 0.05) is 9.13 Å². The molecular formula is C18H16ClF3IN3O5. The number of benzene rings is 2. The number of nitrogens with one attached hydrogen (secondary N) is 2. The molecule has 0 bridgehead atoms. The first kappa shape index (κ1) is 25.1. The zero-order valence-corrected chi connectivity index (χ0v) is 18.5. The number of aliphatic hydroxyl groups is 2. The first-order valence-electron chi connectivity index (χ1n) is 8.52. The van der Waals surface area contributed by atoms with Gasteiger partial charge in [-0.1, -0.05) is 16.8 Å². The molecule has 8 nitrogen and oxygen atoms in total. The van der Waals surface area contributed by atoms with Crippen molar-refractivity contribution in [2.45, 2.75) is 0 Å². The van der Waals surface area contributed by atoms with Crippen molar-refractivity contribution in [3.63, 3.8) is 0 Å². The van der Waals surface area contributed by atoms with Crippen LogP contribution in [0.25, 0.3) is 0 Å². The van der Waals surface area contributed by atoms with Crippen molar-refractivity contribution < 1.29 is 37.9 Å². The lowest BCUT2D eigenvalue weighted by Crippen LogP contribution is -2.26. The number of hydrogen-bond donors (Lipinski definition) is 4. The van der Waals surface area contributed by atoms with Crippen molar-refractivity contribution in [2.75, 3.05) is 31.7 Å². The first-order valence-corrected chi connectivity index (χ1v) is 9.98. The predicted molar refractivity (Wildman–Crippen MR) is 115 cm³/mol. The Morgan fingerprint density at radius 3 is 2.48 bits per heavy atom. The molecule has 31 heavy (non-hydrogen) atoms. The molecule has 2 aromatic carbocycles. The van der Waals surface area contributed by atoms with Crippen molar-refractivity contribution in [3.8, 4) is 0 Å². The zero-order chi connectivity index (χ0) is 23.0. The summed E-state index contributed by atoms with van der Waals surface area (Å²) in [6.07, 6.45) is 0.793. The van der Waals surface area contributed by atoms with Crippen LogP contribution < -0.4 is 10.8 Å². The molecule has 2 aromatic rings. The molecule has 0 unspecified atom stereocenters. The molecule has 0 aliphatic carbocycles. The van der Waals surface area contributed by atoms with Crippen molar-refractivity contribution in [2.24, 2.45) is 5.16 Å². The molecule has 0 spiro atoms. The van der Waals surface area contributed by atoms with Crippen LogP contribution in [0.2, 0.25) is 5.02 Å². The molecular weight excluding hydrogens is 558 g/mol. The van der Waals surface area contributed by atoms with Crippen LogP contribution in [-0.2, 0) is 9.68 Å². The summed E-state index contributed by atoms with van der Waals surface area (Å²) in [5, 5.41) is 23.0. The van der Waals surface area contributed by atoms with Crippen molar-refractivity contribution >= 4 is 57.7 Å². The monoisotopic (exact) mass is 573 g/mol. The summed E-state index contributed by atoms with van der Waals surface area (Å²) in [6.45, 7) is -1.21. The van der Waals surface area contributed by atoms with Crippen LogP contribution in [0.3, 0.4) is 0 Å². The predicted octanol–water partition coefficient (Wildman–Crippen LogP) is 3.10. The van der Waals surface area contributed by atoms with Crippen LogP contribution in [0.1, 0.15) is 15.9 Å². The number of rotatable bonds is 10. The maximum atomic E-state index is 14.9. The maximum Gasteiger partial charge on any atom is 0.277 e. The normalized spacial score (nSPS) is 11.1. The molecule has 0 aliphatic rings. The second kappa shape index (κ2) is 12.0. The number of carbonyl (C=O) groups is 1. The van der Waals surface area contributed by atoms with Gasteiger partial charge in [0.05, 0.1) is 48.0 Å². The molecule has 0 heterocycles. The molecule has 0 saturated heterocycles. The number of hydroxylamine groups is 1. The number of carbonyl (C=O) groups excluding carboxylic acids is 1. The second-order valence-corrected chi connectivity index (χ2v) is 7.33. The highest BCUT2D eigenvalue weighted by Gasteiger charge is 2.24. The highest BCUT2D eigenvalue weighted by molar-refractivity contribution is 14.1. The molecule has 0 saturated carbocycles. The molecule has 2 rings (SSSR count). The Balaban J connectivity index is 2.53. The molecule has 0 radical (unpaired) electrons. The van der Waals surface area contributed by atoms with Crippen LogP contribution >= 0.6 is 34.2 Å². The number of halogens is 5. The fourth-order valence-electron chi connectivity index (χ4n) is 2.23. The van der Waals surface area contributed by atoms with Gasteiger partial charge in [-0.2, -0.15) is 0 Å². The highest BCUT2D eigenvalue weighted by atomic mass is 127. The van der Waals surface area contributed by atoms with E-state index in [2.05, 4.69) is 15.3 Å². The molecule has 13 heteroatoms. The van der Waals surface area contributed by atoms with Crippen molar-refractivity contribution in [1.82, 2.24) is 5.48 Å². The minimum Gasteiger partial charge on any atom is -0.394 e. The van der Waals surface area contributed by atoms with Crippen LogP contribution in [0.4, 0.5) is 24.5 Å². The fourth-order valence-corrected chi connectivity index (χ4v) is 3.26. The van der Waals surface area contributed by atoms with Crippen LogP contribution in [-0.4, -0.2) is 48.8 Å². The topological polar surface area (TPSA) is 112 Å². The van der Waals surface area contributed by atoms with Gasteiger partial charge >= 0.3 is 0 Å². The Morgan fingerprint density at radius 2 is 1.84 bits per heavy atom. The molecule has 0 aliphatic heterocycles. The second-order valence-electron chi connectivity index (χ2n) is 5.68. The molecule has 0 aromatic heterocycles. The third-order valence-electron chi connectivity index (χ3n) is 3.54. The lowest BCUT2D eigenvalue weighted by molar-refractivity contribution is 0.0168. The maximum absolute atomic E-state index is 14.9. The third-order valence-corrected chi connectivity index (χ3v) is 4.46. The lowest BCUT2D eigenvalue weighted by Gasteiger charge is -2.16. The van der Waals surface area contributed by atoms with Gasteiger partial charge in [-0.3, -0.25) is 9.63 Å². The third kappa shape index (κ3) is 6.67. The number of hydrogen-bond acceptors (Lipinski definition) is 7. The molecule has 4 N–H and O–H groups in total. The zero-order valence-electron chi connectivity index (χ0n) is 15.6. The Hall–Kier alpha value is -2.13. The van der Waals surface area contributed by atoms with E-state index in [1.165, 1.54) is 6.07 Å². The number of aliphatic hydroxyl groups excluding tert-OH is 2. The van der Waals surface area contributed by atoms with Gasteiger partial charge in [-0.15, -0.1) is 0 Å². The fraction of sp³-hybridized carbons (Fsp3) is 0.222. The van der Waals surface area contributed by atoms with Gasteiger partial charge in [0.15, 0.2) is 11.6 Å². The average Bonchev–Trinajstić information content (AvgIpc) is 2.72. The van der Waals surface area contributed by atoms with E-state index in [0.29, 0.717) is 3.57 Å². The van der Waals surface area contributed by atoms with Gasteiger partial charge in [-0.05, 0) is 40.8 Å². The number of nitrogens with zero attached hydrogens (tertiary/aromatic N) is 1. The Bertz CT molecular complexity index is 958. The summed E-state index contributed by atoms with van der Waals surface area (Å²) in [4.78, 5) is 21.8. The quantitative estimate of drug-likeness (QED) is 0.150. The molecule has 168 valence electrons. The van der Waals surface area contributed by atoms with E-state index in [1.54, 1.807) is 0 Å². The molecule has 1 amide bonds. The summed E-state index contributed by atoms with van der Waals surface area (Å²) in [6, 6.07) is 3.40. The van der Waals surface area contributed by atoms with Crippen LogP contribution in [0.15, 0.2) is 23.4 Å². The van der Waals surface area contributed by atoms with Gasteiger partial charge in [0.1, 0.15) is 12.4 Å². The molecule has 0 fully saturated rings. The van der Waals surface area contributed by atoms with Crippen molar-refractivity contribution in [3.05, 3.63) is 55.4 Å². The Kier molecular flexibility index (Phi) is 9.77. The molecule has 0 atom stereocenters. The summed E-state index contributed by atoms with van der Waals surface area (Å²) in [7, 11) is 0. The average molecular weight is 574 g/mol. The SMILES string of the molecule is O=C(NOCCO)c1cc(/C=N/OCCO)c(F)c(F)c1Nc1c(F)cc(I)cc1Cl. The van der Waals surface area contributed by atoms with E-state index in [1.807, 2.05) is 28.1 Å². The Labute approximate surface area is 193 Å². The highest BCUT2D eigenvalue weighted by Crippen LogP contribution is 2.34. The van der Waals surface area contributed by atoms with Crippen LogP contribution in [0.5, 0.6) is 0 Å². The minimum absolute atomic E-state index is 0.130. The minimum atomic E-state index is -1.52. The summed E-state index contributed by atoms with van der Waals surface area (Å²) in [5.74, 6) is -4.81. The van der Waals surface area contributed by atoms with E-state index in [0.717, 1.165) is 18.3 Å². The van der Waals surface area contributed by atoms with Gasteiger partial charge in [0.2, 0.25) is 0 Å². The largest absolute Gasteiger partial charge is 0.394 e. The van der Waals surface area contributed by atoms with Crippen LogP contribution in [0, 0.1) is 21.0 Å². The van der Waals surface area contributed by atoms with Gasteiger partial charge in [-0.25, -0.2) is 18.7 Å². The number of oxime groups is 1. The van der Waals surface area contributed by atoms with Crippen molar-refractivity contribution in [1.29, 1.82) is 0 Å². The smallest absolute Gasteiger partial charge is 0.277 e. The van der Waals surface area contributed by atoms with E-state index < -0.39 is 46.8 Å². The van der Waals surface area contributed by atoms with Gasteiger partial charge < -0.3 is 20.4 Å². The van der Waals surface area contributed by atoms with E-state index in [9.17, 15) is 18.0 Å². The Morgan fingerprint density at radius 1 is 1.13 bits per heavy atom. The van der Waals surface area contributed by atoms with E-state index >= 15 is 0 Å². The van der Waals surface area contributed by atoms with E-state index in [4.69, 9.17) is 26.7 Å². The summed E-state index contributed by atoms with van der Waals surface area (Å²) in [5.41, 5.74) is -0.0840.